The van der Waals surface area contributed by atoms with Crippen molar-refractivity contribution in [3.8, 4) is 0 Å². The topological polar surface area (TPSA) is 15.3 Å². The van der Waals surface area contributed by atoms with Crippen molar-refractivity contribution < 1.29 is 0 Å². The Morgan fingerprint density at radius 3 is 2.92 bits per heavy atom. The highest BCUT2D eigenvalue weighted by Gasteiger charge is 2.02. The molecule has 0 bridgehead atoms. The SMILES string of the molecule is CCN(CCNC)Cc1cccs1. The third-order valence-electron chi connectivity index (χ3n) is 2.08. The summed E-state index contributed by atoms with van der Waals surface area (Å²) in [6, 6.07) is 4.32. The molecule has 1 N–H and O–H groups in total. The molecular formula is C10H18N2S. The van der Waals surface area contributed by atoms with E-state index in [9.17, 15) is 0 Å². The highest BCUT2D eigenvalue weighted by Crippen LogP contribution is 2.10. The minimum absolute atomic E-state index is 1.07. The van der Waals surface area contributed by atoms with Gasteiger partial charge >= 0.3 is 0 Å². The Morgan fingerprint density at radius 1 is 1.54 bits per heavy atom. The lowest BCUT2D eigenvalue weighted by molar-refractivity contribution is 0.284. The molecule has 0 aliphatic carbocycles. The van der Waals surface area contributed by atoms with E-state index >= 15 is 0 Å². The molecule has 1 rings (SSSR count). The van der Waals surface area contributed by atoms with Crippen LogP contribution in [-0.2, 0) is 6.54 Å². The summed E-state index contributed by atoms with van der Waals surface area (Å²) in [5.74, 6) is 0. The van der Waals surface area contributed by atoms with E-state index in [-0.39, 0.29) is 0 Å². The van der Waals surface area contributed by atoms with Crippen LogP contribution in [0, 0.1) is 0 Å². The number of nitrogens with zero attached hydrogens (tertiary/aromatic N) is 1. The van der Waals surface area contributed by atoms with Crippen LogP contribution in [0.3, 0.4) is 0 Å². The predicted octanol–water partition coefficient (Wildman–Crippen LogP) is 1.79. The fraction of sp³-hybridized carbons (Fsp3) is 0.600. The van der Waals surface area contributed by atoms with E-state index in [0.29, 0.717) is 0 Å². The highest BCUT2D eigenvalue weighted by molar-refractivity contribution is 7.09. The van der Waals surface area contributed by atoms with Crippen LogP contribution in [0.1, 0.15) is 11.8 Å². The van der Waals surface area contributed by atoms with Gasteiger partial charge in [-0.15, -0.1) is 11.3 Å². The van der Waals surface area contributed by atoms with Crippen LogP contribution in [-0.4, -0.2) is 31.6 Å². The Hall–Kier alpha value is -0.380. The second-order valence-electron chi connectivity index (χ2n) is 3.05. The van der Waals surface area contributed by atoms with E-state index in [0.717, 1.165) is 26.2 Å². The zero-order valence-corrected chi connectivity index (χ0v) is 9.23. The summed E-state index contributed by atoms with van der Waals surface area (Å²) in [7, 11) is 2.00. The molecule has 0 spiro atoms. The molecule has 0 fully saturated rings. The van der Waals surface area contributed by atoms with Gasteiger partial charge in [0, 0.05) is 24.5 Å². The summed E-state index contributed by atoms with van der Waals surface area (Å²) < 4.78 is 0. The van der Waals surface area contributed by atoms with Crippen molar-refractivity contribution in [3.05, 3.63) is 22.4 Å². The van der Waals surface area contributed by atoms with Gasteiger partial charge in [0.1, 0.15) is 0 Å². The molecule has 0 aliphatic heterocycles. The smallest absolute Gasteiger partial charge is 0.0328 e. The fourth-order valence-corrected chi connectivity index (χ4v) is 1.99. The van der Waals surface area contributed by atoms with Gasteiger partial charge in [-0.3, -0.25) is 4.90 Å². The number of nitrogens with one attached hydrogen (secondary N) is 1. The monoisotopic (exact) mass is 198 g/mol. The molecule has 0 amide bonds. The molecule has 0 aliphatic rings. The van der Waals surface area contributed by atoms with Crippen molar-refractivity contribution in [1.82, 2.24) is 10.2 Å². The van der Waals surface area contributed by atoms with Gasteiger partial charge in [0.2, 0.25) is 0 Å². The predicted molar refractivity (Wildman–Crippen MR) is 59.2 cm³/mol. The Kier molecular flexibility index (Phi) is 5.05. The third kappa shape index (κ3) is 3.89. The Labute approximate surface area is 84.6 Å². The first-order valence-electron chi connectivity index (χ1n) is 4.76. The fourth-order valence-electron chi connectivity index (χ4n) is 1.24. The maximum atomic E-state index is 3.17. The van der Waals surface area contributed by atoms with Crippen LogP contribution < -0.4 is 5.32 Å². The first-order chi connectivity index (χ1) is 6.36. The Balaban J connectivity index is 2.31. The zero-order valence-electron chi connectivity index (χ0n) is 8.42. The molecule has 74 valence electrons. The third-order valence-corrected chi connectivity index (χ3v) is 2.95. The summed E-state index contributed by atoms with van der Waals surface area (Å²) in [5.41, 5.74) is 0. The van der Waals surface area contributed by atoms with Crippen molar-refractivity contribution in [2.75, 3.05) is 26.7 Å². The standard InChI is InChI=1S/C10H18N2S/c1-3-12(7-6-11-2)9-10-5-4-8-13-10/h4-5,8,11H,3,6-7,9H2,1-2H3. The summed E-state index contributed by atoms with van der Waals surface area (Å²) >= 11 is 1.84. The Morgan fingerprint density at radius 2 is 2.38 bits per heavy atom. The van der Waals surface area contributed by atoms with Crippen molar-refractivity contribution in [1.29, 1.82) is 0 Å². The maximum Gasteiger partial charge on any atom is 0.0328 e. The van der Waals surface area contributed by atoms with Gasteiger partial charge in [-0.2, -0.15) is 0 Å². The average molecular weight is 198 g/mol. The van der Waals surface area contributed by atoms with Crippen LogP contribution in [0.5, 0.6) is 0 Å². The van der Waals surface area contributed by atoms with Crippen molar-refractivity contribution in [2.24, 2.45) is 0 Å². The van der Waals surface area contributed by atoms with Crippen LogP contribution in [0.25, 0.3) is 0 Å². The van der Waals surface area contributed by atoms with Gasteiger partial charge in [0.25, 0.3) is 0 Å². The number of likely N-dealkylation sites (N-methyl/N-ethyl adjacent to an activating group) is 2. The van der Waals surface area contributed by atoms with Crippen LogP contribution in [0.4, 0.5) is 0 Å². The molecule has 0 atom stereocenters. The largest absolute Gasteiger partial charge is 0.318 e. The van der Waals surface area contributed by atoms with Gasteiger partial charge in [-0.05, 0) is 25.0 Å². The molecule has 0 saturated carbocycles. The molecule has 1 aromatic heterocycles. The first-order valence-corrected chi connectivity index (χ1v) is 5.64. The van der Waals surface area contributed by atoms with Crippen LogP contribution in [0.2, 0.25) is 0 Å². The molecule has 2 nitrogen and oxygen atoms in total. The Bertz CT molecular complexity index is 209. The highest BCUT2D eigenvalue weighted by atomic mass is 32.1. The van der Waals surface area contributed by atoms with Crippen LogP contribution >= 0.6 is 11.3 Å². The maximum absolute atomic E-state index is 3.17. The quantitative estimate of drug-likeness (QED) is 0.749. The molecule has 0 unspecified atom stereocenters. The van der Waals surface area contributed by atoms with Gasteiger partial charge < -0.3 is 5.32 Å². The lowest BCUT2D eigenvalue weighted by Gasteiger charge is -2.18. The van der Waals surface area contributed by atoms with Crippen molar-refractivity contribution in [2.45, 2.75) is 13.5 Å². The molecule has 13 heavy (non-hydrogen) atoms. The summed E-state index contributed by atoms with van der Waals surface area (Å²) in [5, 5.41) is 5.31. The lowest BCUT2D eigenvalue weighted by atomic mass is 10.4. The molecular weight excluding hydrogens is 180 g/mol. The second kappa shape index (κ2) is 6.13. The van der Waals surface area contributed by atoms with E-state index < -0.39 is 0 Å². The number of thiophene rings is 1. The normalized spacial score (nSPS) is 11.0. The molecule has 0 saturated heterocycles. The van der Waals surface area contributed by atoms with Crippen LogP contribution in [0.15, 0.2) is 17.5 Å². The van der Waals surface area contributed by atoms with E-state index in [1.54, 1.807) is 0 Å². The number of hydrogen-bond acceptors (Lipinski definition) is 3. The molecule has 1 heterocycles. The summed E-state index contributed by atoms with van der Waals surface area (Å²) in [6.07, 6.45) is 0. The summed E-state index contributed by atoms with van der Waals surface area (Å²) in [6.45, 7) is 6.63. The minimum Gasteiger partial charge on any atom is -0.318 e. The number of hydrogen-bond donors (Lipinski definition) is 1. The van der Waals surface area contributed by atoms with E-state index in [4.69, 9.17) is 0 Å². The minimum atomic E-state index is 1.07. The average Bonchev–Trinajstić information content (AvgIpc) is 2.64. The van der Waals surface area contributed by atoms with E-state index in [1.165, 1.54) is 4.88 Å². The van der Waals surface area contributed by atoms with E-state index in [2.05, 4.69) is 34.7 Å². The van der Waals surface area contributed by atoms with Crippen molar-refractivity contribution >= 4 is 11.3 Å². The van der Waals surface area contributed by atoms with Gasteiger partial charge in [-0.1, -0.05) is 13.0 Å². The van der Waals surface area contributed by atoms with Gasteiger partial charge in [0.05, 0.1) is 0 Å². The first kappa shape index (κ1) is 10.7. The molecule has 0 radical (unpaired) electrons. The molecule has 3 heteroatoms. The molecule has 0 aromatic carbocycles. The zero-order chi connectivity index (χ0) is 9.52. The lowest BCUT2D eigenvalue weighted by Crippen LogP contribution is -2.29. The van der Waals surface area contributed by atoms with Gasteiger partial charge in [-0.25, -0.2) is 0 Å². The number of rotatable bonds is 6. The van der Waals surface area contributed by atoms with E-state index in [1.807, 2.05) is 18.4 Å². The summed E-state index contributed by atoms with van der Waals surface area (Å²) in [4.78, 5) is 3.90. The molecule has 1 aromatic rings. The second-order valence-corrected chi connectivity index (χ2v) is 4.08. The van der Waals surface area contributed by atoms with Gasteiger partial charge in [0.15, 0.2) is 0 Å². The van der Waals surface area contributed by atoms with Crippen molar-refractivity contribution in [3.63, 3.8) is 0 Å².